The molecule has 3 rings (SSSR count). The zero-order valence-electron chi connectivity index (χ0n) is 13.5. The third-order valence-electron chi connectivity index (χ3n) is 4.70. The molecule has 0 unspecified atom stereocenters. The van der Waals surface area contributed by atoms with Crippen molar-refractivity contribution in [2.45, 2.75) is 32.1 Å². The molecule has 0 atom stereocenters. The summed E-state index contributed by atoms with van der Waals surface area (Å²) in [6.07, 6.45) is 4.90. The van der Waals surface area contributed by atoms with E-state index in [9.17, 15) is 18.0 Å². The van der Waals surface area contributed by atoms with Gasteiger partial charge < -0.3 is 11.1 Å². The van der Waals surface area contributed by atoms with Crippen molar-refractivity contribution in [3.8, 4) is 0 Å². The van der Waals surface area contributed by atoms with Crippen LogP contribution in [0.3, 0.4) is 0 Å². The number of primary amides is 1. The summed E-state index contributed by atoms with van der Waals surface area (Å²) < 4.78 is 24.5. The zero-order valence-corrected chi connectivity index (χ0v) is 15.1. The van der Waals surface area contributed by atoms with Gasteiger partial charge in [-0.1, -0.05) is 0 Å². The Kier molecular flexibility index (Phi) is 4.67. The average Bonchev–Trinajstić information content (AvgIpc) is 3.06. The molecule has 1 aromatic heterocycles. The number of hydrogen-bond donors (Lipinski definition) is 2. The Morgan fingerprint density at radius 3 is 2.50 bits per heavy atom. The number of hydrogen-bond acceptors (Lipinski definition) is 5. The van der Waals surface area contributed by atoms with E-state index in [0.717, 1.165) is 29.7 Å². The standard InChI is InChI=1S/C15H21N3O4S2/c1-24(21,22)18-7-5-9(6-8-18)14(20)17-15-12(13(16)19)10-3-2-4-11(10)23-15/h9H,2-8H2,1H3,(H2,16,19)(H,17,20). The number of aryl methyl sites for hydroxylation is 1. The predicted octanol–water partition coefficient (Wildman–Crippen LogP) is 0.946. The molecule has 1 aliphatic heterocycles. The van der Waals surface area contributed by atoms with Crippen molar-refractivity contribution in [1.29, 1.82) is 0 Å². The number of amides is 2. The van der Waals surface area contributed by atoms with Crippen molar-refractivity contribution in [2.24, 2.45) is 11.7 Å². The number of thiophene rings is 1. The number of fused-ring (bicyclic) bond motifs is 1. The van der Waals surface area contributed by atoms with Crippen LogP contribution in [0.25, 0.3) is 0 Å². The fourth-order valence-electron chi connectivity index (χ4n) is 3.42. The number of sulfonamides is 1. The molecule has 7 nitrogen and oxygen atoms in total. The lowest BCUT2D eigenvalue weighted by Gasteiger charge is -2.29. The Morgan fingerprint density at radius 2 is 1.92 bits per heavy atom. The van der Waals surface area contributed by atoms with E-state index in [4.69, 9.17) is 5.73 Å². The second-order valence-corrected chi connectivity index (χ2v) is 9.44. The zero-order chi connectivity index (χ0) is 17.5. The van der Waals surface area contributed by atoms with Crippen LogP contribution in [0.4, 0.5) is 5.00 Å². The largest absolute Gasteiger partial charge is 0.365 e. The molecule has 132 valence electrons. The number of nitrogens with two attached hydrogens (primary N) is 1. The van der Waals surface area contributed by atoms with Gasteiger partial charge in [-0.3, -0.25) is 9.59 Å². The van der Waals surface area contributed by atoms with E-state index in [-0.39, 0.29) is 11.8 Å². The molecule has 9 heteroatoms. The summed E-state index contributed by atoms with van der Waals surface area (Å²) in [6, 6.07) is 0. The van der Waals surface area contributed by atoms with E-state index < -0.39 is 15.9 Å². The van der Waals surface area contributed by atoms with Crippen molar-refractivity contribution >= 4 is 38.2 Å². The van der Waals surface area contributed by atoms with Crippen LogP contribution in [-0.4, -0.2) is 43.9 Å². The van der Waals surface area contributed by atoms with Crippen LogP contribution in [0, 0.1) is 5.92 Å². The summed E-state index contributed by atoms with van der Waals surface area (Å²) in [5.74, 6) is -0.914. The van der Waals surface area contributed by atoms with Gasteiger partial charge in [-0.15, -0.1) is 11.3 Å². The summed E-state index contributed by atoms with van der Waals surface area (Å²) in [4.78, 5) is 25.4. The first kappa shape index (κ1) is 17.4. The van der Waals surface area contributed by atoms with Gasteiger partial charge in [0.1, 0.15) is 5.00 Å². The summed E-state index contributed by atoms with van der Waals surface area (Å²) in [5, 5.41) is 3.40. The van der Waals surface area contributed by atoms with Gasteiger partial charge in [-0.25, -0.2) is 12.7 Å². The van der Waals surface area contributed by atoms with Crippen LogP contribution in [0.5, 0.6) is 0 Å². The molecular formula is C15H21N3O4S2. The van der Waals surface area contributed by atoms with E-state index >= 15 is 0 Å². The van der Waals surface area contributed by atoms with Crippen molar-refractivity contribution in [2.75, 3.05) is 24.7 Å². The fourth-order valence-corrected chi connectivity index (χ4v) is 5.59. The van der Waals surface area contributed by atoms with E-state index in [0.29, 0.717) is 36.5 Å². The van der Waals surface area contributed by atoms with Gasteiger partial charge in [0, 0.05) is 23.9 Å². The Labute approximate surface area is 145 Å². The third kappa shape index (κ3) is 3.33. The number of carbonyl (C=O) groups is 2. The molecule has 1 saturated heterocycles. The Morgan fingerprint density at radius 1 is 1.25 bits per heavy atom. The van der Waals surface area contributed by atoms with Gasteiger partial charge in [0.05, 0.1) is 11.8 Å². The molecule has 0 bridgehead atoms. The number of anilines is 1. The van der Waals surface area contributed by atoms with Gasteiger partial charge in [0.25, 0.3) is 5.91 Å². The Balaban J connectivity index is 1.69. The molecule has 0 radical (unpaired) electrons. The monoisotopic (exact) mass is 371 g/mol. The summed E-state index contributed by atoms with van der Waals surface area (Å²) >= 11 is 1.44. The SMILES string of the molecule is CS(=O)(=O)N1CCC(C(=O)Nc2sc3c(c2C(N)=O)CCC3)CC1. The minimum Gasteiger partial charge on any atom is -0.365 e. The van der Waals surface area contributed by atoms with Crippen molar-refractivity contribution in [3.63, 3.8) is 0 Å². The molecule has 2 aliphatic rings. The number of nitrogens with one attached hydrogen (secondary N) is 1. The molecule has 0 saturated carbocycles. The second-order valence-electron chi connectivity index (χ2n) is 6.35. The van der Waals surface area contributed by atoms with E-state index in [1.165, 1.54) is 21.9 Å². The molecule has 2 heterocycles. The molecule has 1 aromatic rings. The molecule has 0 aromatic carbocycles. The molecule has 0 spiro atoms. The molecule has 3 N–H and O–H groups in total. The van der Waals surface area contributed by atoms with Crippen LogP contribution in [0.15, 0.2) is 0 Å². The van der Waals surface area contributed by atoms with Crippen molar-refractivity contribution in [3.05, 3.63) is 16.0 Å². The number of nitrogens with zero attached hydrogens (tertiary/aromatic N) is 1. The highest BCUT2D eigenvalue weighted by Crippen LogP contribution is 2.39. The fraction of sp³-hybridized carbons (Fsp3) is 0.600. The Hall–Kier alpha value is -1.45. The lowest BCUT2D eigenvalue weighted by Crippen LogP contribution is -2.40. The van der Waals surface area contributed by atoms with Crippen LogP contribution in [0.1, 0.15) is 40.1 Å². The number of piperidine rings is 1. The molecular weight excluding hydrogens is 350 g/mol. The molecule has 24 heavy (non-hydrogen) atoms. The summed E-state index contributed by atoms with van der Waals surface area (Å²) in [5.41, 5.74) is 6.93. The third-order valence-corrected chi connectivity index (χ3v) is 7.21. The number of rotatable bonds is 4. The lowest BCUT2D eigenvalue weighted by atomic mass is 9.97. The summed E-state index contributed by atoms with van der Waals surface area (Å²) in [6.45, 7) is 0.696. The maximum absolute atomic E-state index is 12.5. The predicted molar refractivity (Wildman–Crippen MR) is 92.6 cm³/mol. The van der Waals surface area contributed by atoms with Crippen LogP contribution >= 0.6 is 11.3 Å². The highest BCUT2D eigenvalue weighted by Gasteiger charge is 2.31. The smallest absolute Gasteiger partial charge is 0.251 e. The maximum atomic E-state index is 12.5. The van der Waals surface area contributed by atoms with Crippen molar-refractivity contribution in [1.82, 2.24) is 4.31 Å². The minimum absolute atomic E-state index is 0.162. The molecule has 2 amide bonds. The van der Waals surface area contributed by atoms with Gasteiger partial charge in [0.15, 0.2) is 0 Å². The highest BCUT2D eigenvalue weighted by molar-refractivity contribution is 7.88. The maximum Gasteiger partial charge on any atom is 0.251 e. The van der Waals surface area contributed by atoms with E-state index in [2.05, 4.69) is 5.32 Å². The minimum atomic E-state index is -3.21. The van der Waals surface area contributed by atoms with Crippen LogP contribution < -0.4 is 11.1 Å². The van der Waals surface area contributed by atoms with Crippen LogP contribution in [0.2, 0.25) is 0 Å². The van der Waals surface area contributed by atoms with Gasteiger partial charge in [0.2, 0.25) is 15.9 Å². The van der Waals surface area contributed by atoms with E-state index in [1.54, 1.807) is 0 Å². The van der Waals surface area contributed by atoms with Crippen LogP contribution in [-0.2, 0) is 27.7 Å². The van der Waals surface area contributed by atoms with E-state index in [1.807, 2.05) is 0 Å². The van der Waals surface area contributed by atoms with Gasteiger partial charge in [-0.2, -0.15) is 0 Å². The number of carbonyl (C=O) groups excluding carboxylic acids is 2. The summed E-state index contributed by atoms with van der Waals surface area (Å²) in [7, 11) is -3.21. The first-order chi connectivity index (χ1) is 11.3. The topological polar surface area (TPSA) is 110 Å². The quantitative estimate of drug-likeness (QED) is 0.821. The molecule has 1 aliphatic carbocycles. The average molecular weight is 371 g/mol. The second kappa shape index (κ2) is 6.45. The highest BCUT2D eigenvalue weighted by atomic mass is 32.2. The van der Waals surface area contributed by atoms with Crippen molar-refractivity contribution < 1.29 is 18.0 Å². The first-order valence-corrected chi connectivity index (χ1v) is 10.6. The first-order valence-electron chi connectivity index (χ1n) is 7.97. The lowest BCUT2D eigenvalue weighted by molar-refractivity contribution is -0.120. The Bertz CT molecular complexity index is 777. The normalized spacial score (nSPS) is 19.2. The molecule has 1 fully saturated rings. The van der Waals surface area contributed by atoms with Gasteiger partial charge >= 0.3 is 0 Å². The van der Waals surface area contributed by atoms with Gasteiger partial charge in [-0.05, 0) is 37.7 Å².